The number of rotatable bonds is 1. The van der Waals surface area contributed by atoms with E-state index in [-0.39, 0.29) is 22.0 Å². The second-order valence-electron chi connectivity index (χ2n) is 5.47. The highest BCUT2D eigenvalue weighted by Crippen LogP contribution is 2.41. The van der Waals surface area contributed by atoms with Crippen LogP contribution in [-0.4, -0.2) is 5.24 Å². The van der Waals surface area contributed by atoms with Crippen LogP contribution in [0.25, 0.3) is 0 Å². The Morgan fingerprint density at radius 3 is 1.25 bits per heavy atom. The zero-order valence-corrected chi connectivity index (χ0v) is 9.62. The van der Waals surface area contributed by atoms with Crippen LogP contribution in [0.2, 0.25) is 0 Å². The molecule has 0 radical (unpaired) electrons. The van der Waals surface area contributed by atoms with E-state index in [4.69, 9.17) is 11.6 Å². The molecule has 0 heterocycles. The van der Waals surface area contributed by atoms with Crippen LogP contribution < -0.4 is 0 Å². The van der Waals surface area contributed by atoms with Crippen LogP contribution >= 0.6 is 11.6 Å². The van der Waals surface area contributed by atoms with Crippen molar-refractivity contribution in [3.63, 3.8) is 0 Å². The lowest BCUT2D eigenvalue weighted by Gasteiger charge is -2.37. The molecule has 0 aromatic heterocycles. The molecule has 0 aliphatic carbocycles. The summed E-state index contributed by atoms with van der Waals surface area (Å²) >= 11 is 5.57. The van der Waals surface area contributed by atoms with Crippen LogP contribution in [0.4, 0.5) is 0 Å². The topological polar surface area (TPSA) is 17.1 Å². The molecule has 0 saturated heterocycles. The molecule has 72 valence electrons. The summed E-state index contributed by atoms with van der Waals surface area (Å²) in [7, 11) is 0. The van der Waals surface area contributed by atoms with Crippen LogP contribution in [0.5, 0.6) is 0 Å². The van der Waals surface area contributed by atoms with Gasteiger partial charge >= 0.3 is 0 Å². The summed E-state index contributed by atoms with van der Waals surface area (Å²) in [6.45, 7) is 12.3. The highest BCUT2D eigenvalue weighted by atomic mass is 35.5. The van der Waals surface area contributed by atoms with Gasteiger partial charge in [-0.25, -0.2) is 0 Å². The molecule has 0 atom stereocenters. The Balaban J connectivity index is 4.82. The second-order valence-corrected chi connectivity index (χ2v) is 5.84. The molecule has 0 rings (SSSR count). The SMILES string of the molecule is CC(C)(C)C(C(=O)Cl)C(C)(C)C. The van der Waals surface area contributed by atoms with Crippen molar-refractivity contribution in [2.24, 2.45) is 16.7 Å². The fraction of sp³-hybridized carbons (Fsp3) is 0.900. The maximum absolute atomic E-state index is 11.2. The molecular formula is C10H19ClO. The zero-order chi connectivity index (χ0) is 10.2. The third kappa shape index (κ3) is 3.14. The lowest BCUT2D eigenvalue weighted by Crippen LogP contribution is -2.36. The van der Waals surface area contributed by atoms with E-state index in [9.17, 15) is 4.79 Å². The van der Waals surface area contributed by atoms with E-state index >= 15 is 0 Å². The number of hydrogen-bond acceptors (Lipinski definition) is 1. The number of halogens is 1. The van der Waals surface area contributed by atoms with Crippen LogP contribution in [-0.2, 0) is 4.79 Å². The molecular weight excluding hydrogens is 172 g/mol. The Kier molecular flexibility index (Phi) is 3.36. The summed E-state index contributed by atoms with van der Waals surface area (Å²) in [5.41, 5.74) is -0.117. The molecule has 1 nitrogen and oxygen atoms in total. The van der Waals surface area contributed by atoms with Crippen molar-refractivity contribution in [1.82, 2.24) is 0 Å². The molecule has 0 N–H and O–H groups in total. The van der Waals surface area contributed by atoms with Gasteiger partial charge in [-0.3, -0.25) is 4.79 Å². The minimum absolute atomic E-state index is 0.0584. The highest BCUT2D eigenvalue weighted by Gasteiger charge is 2.39. The molecule has 0 aromatic rings. The third-order valence-corrected chi connectivity index (χ3v) is 2.18. The monoisotopic (exact) mass is 190 g/mol. The lowest BCUT2D eigenvalue weighted by atomic mass is 9.67. The van der Waals surface area contributed by atoms with E-state index in [0.29, 0.717) is 0 Å². The zero-order valence-electron chi connectivity index (χ0n) is 8.86. The van der Waals surface area contributed by atoms with Crippen molar-refractivity contribution in [3.05, 3.63) is 0 Å². The fourth-order valence-electron chi connectivity index (χ4n) is 1.98. The summed E-state index contributed by atoms with van der Waals surface area (Å²) in [5.74, 6) is -0.0910. The Hall–Kier alpha value is -0.0400. The fourth-order valence-corrected chi connectivity index (χ4v) is 2.63. The molecule has 0 aliphatic heterocycles. The molecule has 2 heteroatoms. The van der Waals surface area contributed by atoms with Gasteiger partial charge in [-0.2, -0.15) is 0 Å². The Morgan fingerprint density at radius 1 is 1.00 bits per heavy atom. The molecule has 0 aromatic carbocycles. The van der Waals surface area contributed by atoms with Crippen molar-refractivity contribution in [2.45, 2.75) is 41.5 Å². The van der Waals surface area contributed by atoms with Gasteiger partial charge in [0.2, 0.25) is 5.24 Å². The van der Waals surface area contributed by atoms with E-state index in [2.05, 4.69) is 0 Å². The van der Waals surface area contributed by atoms with Gasteiger partial charge in [0.05, 0.1) is 0 Å². The third-order valence-electron chi connectivity index (χ3n) is 1.96. The van der Waals surface area contributed by atoms with Gasteiger partial charge in [0.25, 0.3) is 0 Å². The first-order valence-electron chi connectivity index (χ1n) is 4.26. The van der Waals surface area contributed by atoms with Gasteiger partial charge in [0.15, 0.2) is 0 Å². The van der Waals surface area contributed by atoms with Gasteiger partial charge in [0, 0.05) is 5.92 Å². The minimum Gasteiger partial charge on any atom is -0.281 e. The molecule has 0 saturated carbocycles. The normalized spacial score (nSPS) is 13.7. The number of carbonyl (C=O) groups excluding carboxylic acids is 1. The summed E-state index contributed by atoms with van der Waals surface area (Å²) in [5, 5.41) is -0.227. The van der Waals surface area contributed by atoms with Crippen LogP contribution in [0, 0.1) is 16.7 Å². The Morgan fingerprint density at radius 2 is 1.25 bits per heavy atom. The van der Waals surface area contributed by atoms with E-state index in [0.717, 1.165) is 0 Å². The second kappa shape index (κ2) is 3.37. The highest BCUT2D eigenvalue weighted by molar-refractivity contribution is 6.64. The van der Waals surface area contributed by atoms with E-state index in [1.54, 1.807) is 0 Å². The number of carbonyl (C=O) groups is 1. The maximum atomic E-state index is 11.2. The van der Waals surface area contributed by atoms with Gasteiger partial charge in [-0.15, -0.1) is 0 Å². The van der Waals surface area contributed by atoms with Crippen molar-refractivity contribution in [2.75, 3.05) is 0 Å². The summed E-state index contributed by atoms with van der Waals surface area (Å²) < 4.78 is 0. The minimum atomic E-state index is -0.227. The van der Waals surface area contributed by atoms with Gasteiger partial charge < -0.3 is 0 Å². The molecule has 12 heavy (non-hydrogen) atoms. The van der Waals surface area contributed by atoms with Crippen molar-refractivity contribution < 1.29 is 4.79 Å². The molecule has 0 bridgehead atoms. The number of hydrogen-bond donors (Lipinski definition) is 0. The largest absolute Gasteiger partial charge is 0.281 e. The standard InChI is InChI=1S/C10H19ClO/c1-9(2,3)7(8(11)12)10(4,5)6/h7H,1-6H3. The molecule has 0 fully saturated rings. The van der Waals surface area contributed by atoms with Crippen molar-refractivity contribution in [3.8, 4) is 0 Å². The van der Waals surface area contributed by atoms with Crippen molar-refractivity contribution in [1.29, 1.82) is 0 Å². The molecule has 0 unspecified atom stereocenters. The molecule has 0 aliphatic rings. The van der Waals surface area contributed by atoms with Gasteiger partial charge in [-0.05, 0) is 22.4 Å². The van der Waals surface area contributed by atoms with Gasteiger partial charge in [-0.1, -0.05) is 41.5 Å². The van der Waals surface area contributed by atoms with Crippen molar-refractivity contribution >= 4 is 16.8 Å². The quantitative estimate of drug-likeness (QED) is 0.579. The lowest BCUT2D eigenvalue weighted by molar-refractivity contribution is -0.122. The Labute approximate surface area is 80.5 Å². The maximum Gasteiger partial charge on any atom is 0.225 e. The van der Waals surface area contributed by atoms with Crippen LogP contribution in [0.15, 0.2) is 0 Å². The first kappa shape index (κ1) is 12.0. The van der Waals surface area contributed by atoms with Crippen LogP contribution in [0.3, 0.4) is 0 Å². The first-order valence-corrected chi connectivity index (χ1v) is 4.64. The predicted molar refractivity (Wildman–Crippen MR) is 53.3 cm³/mol. The van der Waals surface area contributed by atoms with E-state index in [1.807, 2.05) is 41.5 Å². The van der Waals surface area contributed by atoms with E-state index in [1.165, 1.54) is 0 Å². The van der Waals surface area contributed by atoms with Crippen LogP contribution in [0.1, 0.15) is 41.5 Å². The molecule has 0 spiro atoms. The van der Waals surface area contributed by atoms with E-state index < -0.39 is 0 Å². The Bertz CT molecular complexity index is 157. The smallest absolute Gasteiger partial charge is 0.225 e. The summed E-state index contributed by atoms with van der Waals surface area (Å²) in [4.78, 5) is 11.2. The summed E-state index contributed by atoms with van der Waals surface area (Å²) in [6.07, 6.45) is 0. The predicted octanol–water partition coefficient (Wildman–Crippen LogP) is 3.46. The first-order chi connectivity index (χ1) is 5.07. The average Bonchev–Trinajstić information content (AvgIpc) is 1.49. The molecule has 0 amide bonds. The average molecular weight is 191 g/mol. The summed E-state index contributed by atoms with van der Waals surface area (Å²) in [6, 6.07) is 0. The van der Waals surface area contributed by atoms with Gasteiger partial charge in [0.1, 0.15) is 0 Å².